The lowest BCUT2D eigenvalue weighted by Crippen LogP contribution is -2.35. The molecular weight excluding hydrogens is 655 g/mol. The van der Waals surface area contributed by atoms with Crippen molar-refractivity contribution in [2.75, 3.05) is 19.6 Å². The van der Waals surface area contributed by atoms with Crippen LogP contribution >= 0.6 is 0 Å². The lowest BCUT2D eigenvalue weighted by Gasteiger charge is -2.51. The number of aromatic nitrogens is 2. The molecule has 2 aromatic heterocycles. The number of para-hydroxylation sites is 3. The Kier molecular flexibility index (Phi) is 6.12. The summed E-state index contributed by atoms with van der Waals surface area (Å²) in [4.78, 5) is 18.6. The first-order chi connectivity index (χ1) is 25.0. The Morgan fingerprint density at radius 2 is 1.02 bits per heavy atom. The zero-order valence-electron chi connectivity index (χ0n) is 26.8. The highest BCUT2D eigenvalue weighted by Crippen LogP contribution is 2.69. The van der Waals surface area contributed by atoms with Gasteiger partial charge >= 0.3 is 0 Å². The van der Waals surface area contributed by atoms with Crippen molar-refractivity contribution in [2.24, 2.45) is 0 Å². The zero-order valence-corrected chi connectivity index (χ0v) is 27.6. The third kappa shape index (κ3) is 4.10. The van der Waals surface area contributed by atoms with E-state index in [0.29, 0.717) is 5.56 Å². The monoisotopic (exact) mass is 679 g/mol. The first-order valence-corrected chi connectivity index (χ1v) is 17.8. The Labute approximate surface area is 294 Å². The molecule has 3 aliphatic heterocycles. The van der Waals surface area contributed by atoms with Gasteiger partial charge in [0.1, 0.15) is 5.82 Å². The average molecular weight is 680 g/mol. The van der Waals surface area contributed by atoms with Crippen LogP contribution in [0.4, 0.5) is 68.4 Å². The molecule has 0 bridgehead atoms. The second kappa shape index (κ2) is 10.8. The topological polar surface area (TPSA) is 96.7 Å². The molecule has 9 nitrogen and oxygen atoms in total. The standard InChI is InChI=1S/C41H25N7O2S/c42-25-27-15-19-30(20-16-27)51(49,50)31-21-17-28(18-22-31)45-32-8-3-10-34-39(32)48-40-33(45)9-4-12-36(40)47(38-14-1-2-24-44-38)37-13-5-11-35(41(37)48)46(34)29-7-6-23-43-26-29/h1-24,26H. The van der Waals surface area contributed by atoms with E-state index in [1.54, 1.807) is 18.3 Å². The Bertz CT molecular complexity index is 2560. The average Bonchev–Trinajstić information content (AvgIpc) is 3.19. The maximum atomic E-state index is 13.6. The van der Waals surface area contributed by atoms with E-state index in [-0.39, 0.29) is 9.79 Å². The van der Waals surface area contributed by atoms with Gasteiger partial charge in [-0.1, -0.05) is 24.3 Å². The lowest BCUT2D eigenvalue weighted by atomic mass is 9.94. The van der Waals surface area contributed by atoms with E-state index in [4.69, 9.17) is 4.98 Å². The highest BCUT2D eigenvalue weighted by molar-refractivity contribution is 7.91. The van der Waals surface area contributed by atoms with Gasteiger partial charge in [-0.2, -0.15) is 5.26 Å². The number of hydrogen-bond donors (Lipinski definition) is 0. The summed E-state index contributed by atoms with van der Waals surface area (Å²) >= 11 is 0. The third-order valence-corrected chi connectivity index (χ3v) is 11.4. The summed E-state index contributed by atoms with van der Waals surface area (Å²) in [6, 6.07) is 43.9. The fourth-order valence-corrected chi connectivity index (χ4v) is 8.71. The number of anilines is 12. The van der Waals surface area contributed by atoms with Gasteiger partial charge in [-0.05, 0) is 109 Å². The molecule has 0 aliphatic carbocycles. The molecule has 242 valence electrons. The molecule has 0 fully saturated rings. The summed E-state index contributed by atoms with van der Waals surface area (Å²) in [5, 5.41) is 9.19. The van der Waals surface area contributed by atoms with E-state index < -0.39 is 9.84 Å². The zero-order chi connectivity index (χ0) is 34.3. The lowest BCUT2D eigenvalue weighted by molar-refractivity contribution is 0.596. The van der Waals surface area contributed by atoms with E-state index >= 15 is 0 Å². The summed E-state index contributed by atoms with van der Waals surface area (Å²) in [5.41, 5.74) is 11.0. The van der Waals surface area contributed by atoms with Crippen LogP contribution in [0.1, 0.15) is 5.56 Å². The van der Waals surface area contributed by atoms with Gasteiger partial charge < -0.3 is 9.80 Å². The minimum atomic E-state index is -3.81. The predicted molar refractivity (Wildman–Crippen MR) is 198 cm³/mol. The molecule has 0 radical (unpaired) electrons. The molecule has 0 amide bonds. The van der Waals surface area contributed by atoms with Gasteiger partial charge in [0, 0.05) is 18.1 Å². The Hall–Kier alpha value is -6.96. The molecule has 0 atom stereocenters. The summed E-state index contributed by atoms with van der Waals surface area (Å²) in [5.74, 6) is 0.792. The number of benzene rings is 5. The fraction of sp³-hybridized carbons (Fsp3) is 0. The summed E-state index contributed by atoms with van der Waals surface area (Å²) in [6.45, 7) is 0. The molecule has 51 heavy (non-hydrogen) atoms. The van der Waals surface area contributed by atoms with Crippen LogP contribution in [0.2, 0.25) is 0 Å². The van der Waals surface area contributed by atoms with Crippen molar-refractivity contribution in [3.63, 3.8) is 0 Å². The van der Waals surface area contributed by atoms with Crippen LogP contribution < -0.4 is 19.6 Å². The van der Waals surface area contributed by atoms with Crippen LogP contribution in [-0.2, 0) is 9.84 Å². The number of nitrogens with zero attached hydrogens (tertiary/aromatic N) is 7. The molecule has 5 aromatic carbocycles. The van der Waals surface area contributed by atoms with Crippen molar-refractivity contribution in [1.29, 1.82) is 5.26 Å². The first-order valence-electron chi connectivity index (χ1n) is 16.3. The second-order valence-electron chi connectivity index (χ2n) is 12.3. The van der Waals surface area contributed by atoms with Gasteiger partial charge in [0.15, 0.2) is 0 Å². The highest BCUT2D eigenvalue weighted by atomic mass is 32.2. The Morgan fingerprint density at radius 1 is 0.490 bits per heavy atom. The molecule has 0 spiro atoms. The molecular formula is C41H25N7O2S. The molecule has 0 unspecified atom stereocenters. The van der Waals surface area contributed by atoms with Gasteiger partial charge in [-0.3, -0.25) is 14.8 Å². The fourth-order valence-electron chi connectivity index (χ4n) is 7.45. The van der Waals surface area contributed by atoms with Crippen molar-refractivity contribution in [2.45, 2.75) is 9.79 Å². The molecule has 0 saturated heterocycles. The van der Waals surface area contributed by atoms with Crippen LogP contribution in [0.3, 0.4) is 0 Å². The van der Waals surface area contributed by atoms with Gasteiger partial charge in [-0.15, -0.1) is 0 Å². The Morgan fingerprint density at radius 3 is 1.51 bits per heavy atom. The molecule has 0 saturated carbocycles. The van der Waals surface area contributed by atoms with Crippen LogP contribution in [0.25, 0.3) is 0 Å². The summed E-state index contributed by atoms with van der Waals surface area (Å²) < 4.78 is 27.3. The minimum Gasteiger partial charge on any atom is -0.306 e. The van der Waals surface area contributed by atoms with E-state index in [1.165, 1.54) is 24.3 Å². The van der Waals surface area contributed by atoms with E-state index in [2.05, 4.69) is 85.2 Å². The normalized spacial score (nSPS) is 13.5. The van der Waals surface area contributed by atoms with Gasteiger partial charge in [0.05, 0.1) is 84.5 Å². The maximum absolute atomic E-state index is 13.6. The summed E-state index contributed by atoms with van der Waals surface area (Å²) in [7, 11) is -3.81. The van der Waals surface area contributed by atoms with Crippen LogP contribution in [0.5, 0.6) is 0 Å². The van der Waals surface area contributed by atoms with Crippen molar-refractivity contribution in [3.8, 4) is 6.07 Å². The SMILES string of the molecule is N#Cc1ccc(S(=O)(=O)c2ccc(N3c4cccc5c4N4c6c3cccc6N(c3ccccn3)c3cccc(c34)N5c3cccnc3)cc2)cc1. The van der Waals surface area contributed by atoms with E-state index in [9.17, 15) is 13.7 Å². The van der Waals surface area contributed by atoms with Crippen molar-refractivity contribution < 1.29 is 8.42 Å². The molecule has 10 rings (SSSR count). The van der Waals surface area contributed by atoms with Gasteiger partial charge in [-0.25, -0.2) is 13.4 Å². The van der Waals surface area contributed by atoms with Gasteiger partial charge in [0.2, 0.25) is 9.84 Å². The molecule has 3 aliphatic rings. The number of pyridine rings is 2. The smallest absolute Gasteiger partial charge is 0.206 e. The Balaban J connectivity index is 1.21. The largest absolute Gasteiger partial charge is 0.306 e. The van der Waals surface area contributed by atoms with Crippen molar-refractivity contribution >= 4 is 78.2 Å². The number of rotatable bonds is 5. The van der Waals surface area contributed by atoms with Crippen molar-refractivity contribution in [1.82, 2.24) is 9.97 Å². The van der Waals surface area contributed by atoms with E-state index in [0.717, 1.165) is 68.4 Å². The first kappa shape index (κ1) is 29.0. The van der Waals surface area contributed by atoms with Crippen LogP contribution in [0.15, 0.2) is 162 Å². The maximum Gasteiger partial charge on any atom is 0.206 e. The summed E-state index contributed by atoms with van der Waals surface area (Å²) in [6.07, 6.45) is 5.46. The number of nitriles is 1. The van der Waals surface area contributed by atoms with E-state index in [1.807, 2.05) is 54.9 Å². The molecule has 0 N–H and O–H groups in total. The predicted octanol–water partition coefficient (Wildman–Crippen LogP) is 10.0. The third-order valence-electron chi connectivity index (χ3n) is 9.58. The second-order valence-corrected chi connectivity index (χ2v) is 14.3. The highest BCUT2D eigenvalue weighted by Gasteiger charge is 2.45. The van der Waals surface area contributed by atoms with Crippen LogP contribution in [-0.4, -0.2) is 18.4 Å². The molecule has 5 heterocycles. The quantitative estimate of drug-likeness (QED) is 0.176. The van der Waals surface area contributed by atoms with Gasteiger partial charge in [0.25, 0.3) is 0 Å². The molecule has 10 heteroatoms. The van der Waals surface area contributed by atoms with Crippen molar-refractivity contribution in [3.05, 3.63) is 158 Å². The number of hydrogen-bond acceptors (Lipinski definition) is 9. The van der Waals surface area contributed by atoms with Crippen LogP contribution in [0, 0.1) is 11.3 Å². The molecule has 7 aromatic rings. The number of sulfone groups is 1. The minimum absolute atomic E-state index is 0.136.